The van der Waals surface area contributed by atoms with Gasteiger partial charge in [-0.05, 0) is 7.05 Å². The molecule has 0 aliphatic carbocycles. The Kier molecular flexibility index (Phi) is 4.73. The number of likely N-dealkylation sites (N-methyl/N-ethyl adjacent to an activating group) is 1. The van der Waals surface area contributed by atoms with Crippen LogP contribution in [0.2, 0.25) is 0 Å². The number of rotatable bonds is 4. The maximum Gasteiger partial charge on any atom is 0.153 e. The van der Waals surface area contributed by atoms with E-state index in [1.54, 1.807) is 7.05 Å². The molecule has 10 heavy (non-hydrogen) atoms. The first-order valence-electron chi connectivity index (χ1n) is 3.45. The van der Waals surface area contributed by atoms with Crippen LogP contribution in [0.3, 0.4) is 0 Å². The highest BCUT2D eigenvalue weighted by Gasteiger charge is 2.16. The molecular formula is C7H15NOS. The Morgan fingerprint density at radius 2 is 2.10 bits per heavy atom. The zero-order valence-electron chi connectivity index (χ0n) is 6.72. The summed E-state index contributed by atoms with van der Waals surface area (Å²) in [5, 5.41) is 2.91. The lowest BCUT2D eigenvalue weighted by molar-refractivity contribution is -0.123. The fraction of sp³-hybridized carbons (Fsp3) is 0.857. The Morgan fingerprint density at radius 1 is 1.60 bits per heavy atom. The van der Waals surface area contributed by atoms with Gasteiger partial charge in [0, 0.05) is 11.7 Å². The third-order valence-electron chi connectivity index (χ3n) is 1.44. The van der Waals surface area contributed by atoms with Crippen LogP contribution in [0, 0.1) is 5.92 Å². The molecule has 0 radical (unpaired) electrons. The number of carbonyl (C=O) groups excluding carboxylic acids is 1. The van der Waals surface area contributed by atoms with Crippen molar-refractivity contribution in [3.63, 3.8) is 0 Å². The minimum Gasteiger partial charge on any atom is -0.310 e. The molecule has 0 aliphatic heterocycles. The second kappa shape index (κ2) is 4.74. The first-order valence-corrected chi connectivity index (χ1v) is 4.08. The summed E-state index contributed by atoms with van der Waals surface area (Å²) < 4.78 is 0. The van der Waals surface area contributed by atoms with Crippen molar-refractivity contribution in [2.24, 2.45) is 5.92 Å². The van der Waals surface area contributed by atoms with Crippen molar-refractivity contribution >= 4 is 18.4 Å². The summed E-state index contributed by atoms with van der Waals surface area (Å²) in [6.45, 7) is 3.80. The summed E-state index contributed by atoms with van der Waals surface area (Å²) in [6, 6.07) is -0.0802. The van der Waals surface area contributed by atoms with Crippen LogP contribution in [0.15, 0.2) is 0 Å². The van der Waals surface area contributed by atoms with E-state index < -0.39 is 0 Å². The number of carbonyl (C=O) groups is 1. The van der Waals surface area contributed by atoms with Crippen LogP contribution in [0.4, 0.5) is 0 Å². The molecule has 1 unspecified atom stereocenters. The largest absolute Gasteiger partial charge is 0.310 e. The van der Waals surface area contributed by atoms with Crippen LogP contribution >= 0.6 is 12.6 Å². The van der Waals surface area contributed by atoms with Crippen LogP contribution in [0.5, 0.6) is 0 Å². The standard InChI is InChI=1S/C7H15NOS/c1-5(2)7(9)6(4-10)8-3/h5-6,8,10H,4H2,1-3H3. The van der Waals surface area contributed by atoms with Crippen molar-refractivity contribution in [3.05, 3.63) is 0 Å². The second-order valence-corrected chi connectivity index (χ2v) is 2.95. The van der Waals surface area contributed by atoms with Gasteiger partial charge in [0.2, 0.25) is 0 Å². The molecule has 0 spiro atoms. The van der Waals surface area contributed by atoms with Crippen molar-refractivity contribution in [2.75, 3.05) is 12.8 Å². The van der Waals surface area contributed by atoms with E-state index in [0.717, 1.165) is 0 Å². The predicted octanol–water partition coefficient (Wildman–Crippen LogP) is 0.729. The Balaban J connectivity index is 3.89. The molecule has 2 nitrogen and oxygen atoms in total. The van der Waals surface area contributed by atoms with E-state index in [4.69, 9.17) is 0 Å². The minimum atomic E-state index is -0.0802. The third kappa shape index (κ3) is 2.71. The summed E-state index contributed by atoms with van der Waals surface area (Å²) in [5.41, 5.74) is 0. The van der Waals surface area contributed by atoms with Gasteiger partial charge >= 0.3 is 0 Å². The summed E-state index contributed by atoms with van der Waals surface area (Å²) >= 11 is 4.05. The highest BCUT2D eigenvalue weighted by molar-refractivity contribution is 7.80. The van der Waals surface area contributed by atoms with Gasteiger partial charge in [-0.2, -0.15) is 12.6 Å². The Labute approximate surface area is 67.8 Å². The monoisotopic (exact) mass is 161 g/mol. The predicted molar refractivity (Wildman–Crippen MR) is 46.5 cm³/mol. The molecule has 0 bridgehead atoms. The van der Waals surface area contributed by atoms with E-state index in [-0.39, 0.29) is 17.7 Å². The summed E-state index contributed by atoms with van der Waals surface area (Å²) in [6.07, 6.45) is 0. The van der Waals surface area contributed by atoms with Gasteiger partial charge in [0.25, 0.3) is 0 Å². The molecule has 0 aromatic rings. The van der Waals surface area contributed by atoms with Gasteiger partial charge in [0.15, 0.2) is 5.78 Å². The van der Waals surface area contributed by atoms with Gasteiger partial charge < -0.3 is 5.32 Å². The molecule has 0 aromatic carbocycles. The Bertz CT molecular complexity index is 110. The van der Waals surface area contributed by atoms with Crippen LogP contribution in [0.25, 0.3) is 0 Å². The molecule has 0 saturated carbocycles. The average molecular weight is 161 g/mol. The van der Waals surface area contributed by atoms with Crippen LogP contribution < -0.4 is 5.32 Å². The molecule has 3 heteroatoms. The first kappa shape index (κ1) is 9.98. The molecule has 1 N–H and O–H groups in total. The quantitative estimate of drug-likeness (QED) is 0.595. The van der Waals surface area contributed by atoms with Gasteiger partial charge in [-0.25, -0.2) is 0 Å². The minimum absolute atomic E-state index is 0.0802. The van der Waals surface area contributed by atoms with Gasteiger partial charge in [0.1, 0.15) is 0 Å². The van der Waals surface area contributed by atoms with E-state index in [1.807, 2.05) is 13.8 Å². The molecular weight excluding hydrogens is 146 g/mol. The lowest BCUT2D eigenvalue weighted by Crippen LogP contribution is -2.38. The second-order valence-electron chi connectivity index (χ2n) is 2.58. The van der Waals surface area contributed by atoms with E-state index in [1.165, 1.54) is 0 Å². The van der Waals surface area contributed by atoms with Gasteiger partial charge in [0.05, 0.1) is 6.04 Å². The smallest absolute Gasteiger partial charge is 0.153 e. The third-order valence-corrected chi connectivity index (χ3v) is 1.81. The van der Waals surface area contributed by atoms with Crippen molar-refractivity contribution < 1.29 is 4.79 Å². The molecule has 0 fully saturated rings. The highest BCUT2D eigenvalue weighted by Crippen LogP contribution is 2.00. The summed E-state index contributed by atoms with van der Waals surface area (Å²) in [4.78, 5) is 11.2. The van der Waals surface area contributed by atoms with Crippen molar-refractivity contribution in [1.82, 2.24) is 5.32 Å². The normalized spacial score (nSPS) is 13.7. The van der Waals surface area contributed by atoms with Crippen molar-refractivity contribution in [3.8, 4) is 0 Å². The van der Waals surface area contributed by atoms with Crippen LogP contribution in [-0.2, 0) is 4.79 Å². The molecule has 0 aromatic heterocycles. The molecule has 60 valence electrons. The fourth-order valence-corrected chi connectivity index (χ4v) is 1.09. The zero-order valence-corrected chi connectivity index (χ0v) is 7.61. The molecule has 0 aliphatic rings. The SMILES string of the molecule is CNC(CS)C(=O)C(C)C. The lowest BCUT2D eigenvalue weighted by atomic mass is 10.0. The van der Waals surface area contributed by atoms with Crippen molar-refractivity contribution in [2.45, 2.75) is 19.9 Å². The number of ketones is 1. The van der Waals surface area contributed by atoms with E-state index in [2.05, 4.69) is 17.9 Å². The maximum absolute atomic E-state index is 11.2. The molecule has 0 rings (SSSR count). The number of Topliss-reactive ketones (excluding diaryl/α,β-unsaturated/α-hetero) is 1. The average Bonchev–Trinajstić information content (AvgIpc) is 1.90. The first-order chi connectivity index (χ1) is 4.63. The van der Waals surface area contributed by atoms with Gasteiger partial charge in [-0.1, -0.05) is 13.8 Å². The molecule has 0 heterocycles. The highest BCUT2D eigenvalue weighted by atomic mass is 32.1. The fourth-order valence-electron chi connectivity index (χ4n) is 0.726. The molecule has 0 amide bonds. The number of thiol groups is 1. The van der Waals surface area contributed by atoms with E-state index >= 15 is 0 Å². The number of nitrogens with one attached hydrogen (secondary N) is 1. The molecule has 1 atom stereocenters. The zero-order chi connectivity index (χ0) is 8.15. The number of hydrogen-bond donors (Lipinski definition) is 2. The topological polar surface area (TPSA) is 29.1 Å². The maximum atomic E-state index is 11.2. The summed E-state index contributed by atoms with van der Waals surface area (Å²) in [7, 11) is 1.78. The van der Waals surface area contributed by atoms with E-state index in [0.29, 0.717) is 5.75 Å². The lowest BCUT2D eigenvalue weighted by Gasteiger charge is -2.13. The van der Waals surface area contributed by atoms with E-state index in [9.17, 15) is 4.79 Å². The molecule has 0 saturated heterocycles. The number of hydrogen-bond acceptors (Lipinski definition) is 3. The summed E-state index contributed by atoms with van der Waals surface area (Å²) in [5.74, 6) is 0.912. The Morgan fingerprint density at radius 3 is 2.20 bits per heavy atom. The van der Waals surface area contributed by atoms with Gasteiger partial charge in [-0.15, -0.1) is 0 Å². The van der Waals surface area contributed by atoms with Crippen molar-refractivity contribution in [1.29, 1.82) is 0 Å². The van der Waals surface area contributed by atoms with Crippen LogP contribution in [0.1, 0.15) is 13.8 Å². The van der Waals surface area contributed by atoms with Gasteiger partial charge in [-0.3, -0.25) is 4.79 Å². The van der Waals surface area contributed by atoms with Crippen LogP contribution in [-0.4, -0.2) is 24.6 Å². The Hall–Kier alpha value is -0.0200.